The summed E-state index contributed by atoms with van der Waals surface area (Å²) in [5.74, 6) is 0.920. The minimum Gasteiger partial charge on any atom is -0.495 e. The van der Waals surface area contributed by atoms with Crippen molar-refractivity contribution in [3.05, 3.63) is 60.2 Å². The molecule has 1 saturated heterocycles. The van der Waals surface area contributed by atoms with Crippen molar-refractivity contribution in [2.75, 3.05) is 50.2 Å². The number of halogens is 1. The summed E-state index contributed by atoms with van der Waals surface area (Å²) in [5, 5.41) is 18.2. The smallest absolute Gasteiger partial charge is 0.189 e. The van der Waals surface area contributed by atoms with Crippen LogP contribution in [0.25, 0.3) is 16.9 Å². The van der Waals surface area contributed by atoms with E-state index in [1.54, 1.807) is 13.2 Å². The summed E-state index contributed by atoms with van der Waals surface area (Å²) in [6.45, 7) is 2.99. The molecule has 0 bridgehead atoms. The number of anilines is 2. The van der Waals surface area contributed by atoms with Gasteiger partial charge in [0.05, 0.1) is 12.8 Å². The molecule has 34 heavy (non-hydrogen) atoms. The molecule has 4 aromatic rings. The highest BCUT2D eigenvalue weighted by Crippen LogP contribution is 2.30. The highest BCUT2D eigenvalue weighted by atomic mass is 19.1. The zero-order chi connectivity index (χ0) is 23.7. The number of ether oxygens (including phenoxy) is 2. The van der Waals surface area contributed by atoms with Crippen LogP contribution in [-0.4, -0.2) is 70.5 Å². The number of nitrogens with zero attached hydrogens (tertiary/aromatic N) is 7. The molecule has 1 N–H and O–H groups in total. The van der Waals surface area contributed by atoms with Crippen LogP contribution in [0, 0.1) is 5.82 Å². The first-order valence-corrected chi connectivity index (χ1v) is 10.8. The van der Waals surface area contributed by atoms with Crippen LogP contribution in [0.5, 0.6) is 5.75 Å². The van der Waals surface area contributed by atoms with Crippen LogP contribution < -0.4 is 14.5 Å². The van der Waals surface area contributed by atoms with E-state index in [0.717, 1.165) is 37.6 Å². The quantitative estimate of drug-likeness (QED) is 0.430. The molecule has 0 spiro atoms. The van der Waals surface area contributed by atoms with Crippen LogP contribution in [0.1, 0.15) is 11.9 Å². The van der Waals surface area contributed by atoms with Gasteiger partial charge in [-0.3, -0.25) is 0 Å². The minimum atomic E-state index is -1.21. The molecule has 0 aliphatic carbocycles. The van der Waals surface area contributed by atoms with Gasteiger partial charge in [-0.1, -0.05) is 23.4 Å². The van der Waals surface area contributed by atoms with Crippen LogP contribution in [0.15, 0.2) is 48.8 Å². The third kappa shape index (κ3) is 3.88. The van der Waals surface area contributed by atoms with E-state index in [0.29, 0.717) is 22.5 Å². The number of aromatic nitrogens is 5. The molecule has 2 aromatic heterocycles. The van der Waals surface area contributed by atoms with Crippen LogP contribution in [0.4, 0.5) is 15.9 Å². The number of para-hydroxylation sites is 2. The maximum Gasteiger partial charge on any atom is 0.189 e. The lowest BCUT2D eigenvalue weighted by molar-refractivity contribution is -0.0771. The Kier molecular flexibility index (Phi) is 5.95. The summed E-state index contributed by atoms with van der Waals surface area (Å²) in [5.41, 5.74) is 2.42. The molecule has 176 valence electrons. The Balaban J connectivity index is 1.41. The highest BCUT2D eigenvalue weighted by molar-refractivity contribution is 5.83. The predicted molar refractivity (Wildman–Crippen MR) is 124 cm³/mol. The van der Waals surface area contributed by atoms with E-state index in [-0.39, 0.29) is 5.69 Å². The fourth-order valence-electron chi connectivity index (χ4n) is 4.17. The number of benzene rings is 2. The monoisotopic (exact) mass is 465 g/mol. The summed E-state index contributed by atoms with van der Waals surface area (Å²) in [6.07, 6.45) is 0.227. The summed E-state index contributed by atoms with van der Waals surface area (Å²) in [7, 11) is 3.02. The van der Waals surface area contributed by atoms with Gasteiger partial charge in [-0.05, 0) is 24.3 Å². The van der Waals surface area contributed by atoms with Crippen LogP contribution in [-0.2, 0) is 4.74 Å². The molecule has 5 rings (SSSR count). The van der Waals surface area contributed by atoms with E-state index in [9.17, 15) is 9.50 Å². The molecule has 1 atom stereocenters. The zero-order valence-electron chi connectivity index (χ0n) is 18.8. The van der Waals surface area contributed by atoms with Crippen molar-refractivity contribution in [3.63, 3.8) is 0 Å². The van der Waals surface area contributed by atoms with Crippen molar-refractivity contribution in [2.24, 2.45) is 0 Å². The molecule has 1 fully saturated rings. The number of hydrogen-bond acceptors (Lipinski definition) is 9. The van der Waals surface area contributed by atoms with Gasteiger partial charge >= 0.3 is 0 Å². The number of fused-ring (bicyclic) bond motifs is 1. The number of rotatable bonds is 6. The second-order valence-corrected chi connectivity index (χ2v) is 7.82. The lowest BCUT2D eigenvalue weighted by atomic mass is 10.2. The molecule has 0 radical (unpaired) electrons. The van der Waals surface area contributed by atoms with E-state index < -0.39 is 12.1 Å². The first-order chi connectivity index (χ1) is 16.6. The Labute approximate surface area is 195 Å². The average Bonchev–Trinajstić information content (AvgIpc) is 3.32. The Hall–Kier alpha value is -3.83. The standard InChI is InChI=1S/C23H24FN7O3/c1-33-19-6-4-3-5-18(19)29-9-11-30(12-10-29)21-20-22(26-14-25-21)31(28-27-20)17-8-7-15(13-16(17)24)23(32)34-2/h3-8,13-14,23,32H,9-12H2,1-2H3. The van der Waals surface area contributed by atoms with Crippen LogP contribution in [0.3, 0.4) is 0 Å². The Bertz CT molecular complexity index is 1310. The number of hydrogen-bond donors (Lipinski definition) is 1. The molecule has 0 saturated carbocycles. The number of aliphatic hydroxyl groups excluding tert-OH is 1. The second kappa shape index (κ2) is 9.20. The number of aliphatic hydroxyl groups is 1. The summed E-state index contributed by atoms with van der Waals surface area (Å²) < 4.78 is 26.5. The van der Waals surface area contributed by atoms with Gasteiger partial charge in [0, 0.05) is 38.9 Å². The maximum atomic E-state index is 14.8. The van der Waals surface area contributed by atoms with Crippen molar-refractivity contribution >= 4 is 22.7 Å². The molecule has 2 aromatic carbocycles. The van der Waals surface area contributed by atoms with Gasteiger partial charge in [0.2, 0.25) is 0 Å². The van der Waals surface area contributed by atoms with Crippen LogP contribution >= 0.6 is 0 Å². The molecular weight excluding hydrogens is 441 g/mol. The Morgan fingerprint density at radius 2 is 1.74 bits per heavy atom. The molecular formula is C23H24FN7O3. The molecule has 0 amide bonds. The normalized spacial score (nSPS) is 15.1. The third-order valence-corrected chi connectivity index (χ3v) is 5.93. The number of piperazine rings is 1. The molecule has 1 unspecified atom stereocenters. The van der Waals surface area contributed by atoms with Gasteiger partial charge in [0.25, 0.3) is 0 Å². The Morgan fingerprint density at radius 1 is 0.971 bits per heavy atom. The van der Waals surface area contributed by atoms with Gasteiger partial charge in [0.15, 0.2) is 23.3 Å². The van der Waals surface area contributed by atoms with Gasteiger partial charge in [-0.15, -0.1) is 5.10 Å². The van der Waals surface area contributed by atoms with E-state index >= 15 is 0 Å². The van der Waals surface area contributed by atoms with E-state index in [2.05, 4.69) is 36.1 Å². The van der Waals surface area contributed by atoms with Crippen molar-refractivity contribution in [2.45, 2.75) is 6.29 Å². The fourth-order valence-corrected chi connectivity index (χ4v) is 4.17. The van der Waals surface area contributed by atoms with Gasteiger partial charge in [-0.2, -0.15) is 4.68 Å². The molecule has 3 heterocycles. The molecule has 11 heteroatoms. The first kappa shape index (κ1) is 22.0. The van der Waals surface area contributed by atoms with Gasteiger partial charge in [0.1, 0.15) is 23.6 Å². The van der Waals surface area contributed by atoms with Crippen molar-refractivity contribution in [3.8, 4) is 11.4 Å². The summed E-state index contributed by atoms with van der Waals surface area (Å²) in [6, 6.07) is 12.2. The average molecular weight is 465 g/mol. The van der Waals surface area contributed by atoms with E-state index in [1.807, 2.05) is 18.2 Å². The largest absolute Gasteiger partial charge is 0.495 e. The van der Waals surface area contributed by atoms with Crippen molar-refractivity contribution < 1.29 is 19.0 Å². The molecule has 1 aliphatic heterocycles. The first-order valence-electron chi connectivity index (χ1n) is 10.8. The molecule has 10 nitrogen and oxygen atoms in total. The lowest BCUT2D eigenvalue weighted by Gasteiger charge is -2.37. The maximum absolute atomic E-state index is 14.8. The highest BCUT2D eigenvalue weighted by Gasteiger charge is 2.24. The van der Waals surface area contributed by atoms with E-state index in [1.165, 1.54) is 30.3 Å². The SMILES string of the molecule is COc1ccccc1N1CCN(c2ncnc3c2nnn3-c2ccc(C(O)OC)cc2F)CC1. The fraction of sp³-hybridized carbons (Fsp3) is 0.304. The summed E-state index contributed by atoms with van der Waals surface area (Å²) >= 11 is 0. The van der Waals surface area contributed by atoms with Gasteiger partial charge in [-0.25, -0.2) is 14.4 Å². The zero-order valence-corrected chi connectivity index (χ0v) is 18.8. The third-order valence-electron chi connectivity index (χ3n) is 5.93. The second-order valence-electron chi connectivity index (χ2n) is 7.82. The topological polar surface area (TPSA) is 102 Å². The van der Waals surface area contributed by atoms with E-state index in [4.69, 9.17) is 9.47 Å². The van der Waals surface area contributed by atoms with Crippen molar-refractivity contribution in [1.82, 2.24) is 25.0 Å². The lowest BCUT2D eigenvalue weighted by Crippen LogP contribution is -2.47. The van der Waals surface area contributed by atoms with Crippen LogP contribution in [0.2, 0.25) is 0 Å². The minimum absolute atomic E-state index is 0.167. The summed E-state index contributed by atoms with van der Waals surface area (Å²) in [4.78, 5) is 13.2. The van der Waals surface area contributed by atoms with Crippen molar-refractivity contribution in [1.29, 1.82) is 0 Å². The van der Waals surface area contributed by atoms with Gasteiger partial charge < -0.3 is 24.4 Å². The number of methoxy groups -OCH3 is 2. The molecule has 1 aliphatic rings. The predicted octanol–water partition coefficient (Wildman–Crippen LogP) is 2.32. The Morgan fingerprint density at radius 3 is 2.47 bits per heavy atom.